The van der Waals surface area contributed by atoms with Crippen LogP contribution in [0.1, 0.15) is 31.9 Å². The first-order chi connectivity index (χ1) is 17.3. The maximum atomic E-state index is 6.77. The monoisotopic (exact) mass is 526 g/mol. The van der Waals surface area contributed by atoms with E-state index in [0.717, 1.165) is 37.1 Å². The van der Waals surface area contributed by atoms with Gasteiger partial charge in [-0.1, -0.05) is 23.2 Å². The molecule has 188 valence electrons. The van der Waals surface area contributed by atoms with Crippen molar-refractivity contribution in [1.29, 1.82) is 0 Å². The lowest BCUT2D eigenvalue weighted by molar-refractivity contribution is 0.194. The summed E-state index contributed by atoms with van der Waals surface area (Å²) in [5.74, 6) is 1.82. The Balaban J connectivity index is 1.53. The molecule has 3 aromatic heterocycles. The lowest BCUT2D eigenvalue weighted by atomic mass is 10.2. The molecule has 0 radical (unpaired) electrons. The molecule has 4 aromatic rings. The fraction of sp³-hybridized carbons (Fsp3) is 0.385. The molecule has 1 aromatic carbocycles. The highest BCUT2D eigenvalue weighted by Crippen LogP contribution is 2.41. The van der Waals surface area contributed by atoms with E-state index in [4.69, 9.17) is 37.7 Å². The summed E-state index contributed by atoms with van der Waals surface area (Å²) >= 11 is 13.0. The number of pyridine rings is 1. The predicted molar refractivity (Wildman–Crippen MR) is 141 cm³/mol. The maximum Gasteiger partial charge on any atom is 0.245 e. The maximum absolute atomic E-state index is 6.77. The molecular formula is C26H28Cl2N6O2. The molecule has 0 saturated heterocycles. The number of hydrogen-bond donors (Lipinski definition) is 0. The van der Waals surface area contributed by atoms with Gasteiger partial charge in [0, 0.05) is 23.3 Å². The van der Waals surface area contributed by atoms with E-state index in [1.165, 1.54) is 6.33 Å². The highest BCUT2D eigenvalue weighted by Gasteiger charge is 2.41. The van der Waals surface area contributed by atoms with Crippen LogP contribution in [0.15, 0.2) is 42.9 Å². The largest absolute Gasteiger partial charge is 0.493 e. The number of aromatic nitrogens is 5. The molecule has 1 saturated carbocycles. The van der Waals surface area contributed by atoms with Crippen LogP contribution in [0.25, 0.3) is 22.6 Å². The average molecular weight is 527 g/mol. The molecule has 1 aliphatic carbocycles. The number of fused-ring (bicyclic) bond motifs is 1. The van der Waals surface area contributed by atoms with Crippen LogP contribution in [-0.2, 0) is 6.54 Å². The van der Waals surface area contributed by atoms with Crippen LogP contribution in [-0.4, -0.2) is 62.3 Å². The number of benzene rings is 1. The minimum Gasteiger partial charge on any atom is -0.493 e. The minimum absolute atomic E-state index is 0.205. The van der Waals surface area contributed by atoms with Gasteiger partial charge in [0.05, 0.1) is 23.9 Å². The van der Waals surface area contributed by atoms with Crippen LogP contribution >= 0.6 is 23.2 Å². The zero-order valence-corrected chi connectivity index (χ0v) is 22.1. The highest BCUT2D eigenvalue weighted by molar-refractivity contribution is 6.33. The third kappa shape index (κ3) is 5.56. The third-order valence-electron chi connectivity index (χ3n) is 6.09. The van der Waals surface area contributed by atoms with Gasteiger partial charge in [0.2, 0.25) is 5.88 Å². The van der Waals surface area contributed by atoms with E-state index in [1.54, 1.807) is 12.3 Å². The Morgan fingerprint density at radius 1 is 1.08 bits per heavy atom. The van der Waals surface area contributed by atoms with Gasteiger partial charge in [-0.05, 0) is 70.6 Å². The molecule has 0 unspecified atom stereocenters. The number of rotatable bonds is 10. The lowest BCUT2D eigenvalue weighted by Gasteiger charge is -2.13. The van der Waals surface area contributed by atoms with Gasteiger partial charge in [0.15, 0.2) is 11.2 Å². The SMILES string of the molecule is CN(C)CCCOc1ccc(-c2nc3c(OC4(C)CC4)ncnc3n2Cc2cc(Cl)ccn2)c(Cl)c1. The molecule has 0 aliphatic heterocycles. The van der Waals surface area contributed by atoms with Crippen molar-refractivity contribution in [2.75, 3.05) is 27.2 Å². The fourth-order valence-corrected chi connectivity index (χ4v) is 4.33. The predicted octanol–water partition coefficient (Wildman–Crippen LogP) is 5.51. The number of hydrogen-bond acceptors (Lipinski definition) is 7. The Labute approximate surface area is 220 Å². The number of ether oxygens (including phenoxy) is 2. The van der Waals surface area contributed by atoms with Gasteiger partial charge >= 0.3 is 0 Å². The summed E-state index contributed by atoms with van der Waals surface area (Å²) in [5.41, 5.74) is 2.54. The second kappa shape index (κ2) is 10.2. The number of imidazole rings is 1. The van der Waals surface area contributed by atoms with Gasteiger partial charge in [0.25, 0.3) is 0 Å². The van der Waals surface area contributed by atoms with Crippen molar-refractivity contribution in [1.82, 2.24) is 29.4 Å². The summed E-state index contributed by atoms with van der Waals surface area (Å²) in [7, 11) is 4.09. The first-order valence-corrected chi connectivity index (χ1v) is 12.6. The number of halogens is 2. The summed E-state index contributed by atoms with van der Waals surface area (Å²) in [5, 5.41) is 1.14. The molecule has 3 heterocycles. The molecule has 1 fully saturated rings. The summed E-state index contributed by atoms with van der Waals surface area (Å²) < 4.78 is 14.1. The van der Waals surface area contributed by atoms with Gasteiger partial charge in [-0.2, -0.15) is 4.98 Å². The Hall–Kier alpha value is -2.94. The summed E-state index contributed by atoms with van der Waals surface area (Å²) in [6.07, 6.45) is 6.09. The van der Waals surface area contributed by atoms with Crippen molar-refractivity contribution in [3.8, 4) is 23.0 Å². The quantitative estimate of drug-likeness (QED) is 0.252. The van der Waals surface area contributed by atoms with Crippen LogP contribution in [0, 0.1) is 0 Å². The van der Waals surface area contributed by atoms with Crippen molar-refractivity contribution in [3.63, 3.8) is 0 Å². The summed E-state index contributed by atoms with van der Waals surface area (Å²) in [4.78, 5) is 20.5. The van der Waals surface area contributed by atoms with E-state index in [9.17, 15) is 0 Å². The third-order valence-corrected chi connectivity index (χ3v) is 6.64. The first-order valence-electron chi connectivity index (χ1n) is 11.9. The van der Waals surface area contributed by atoms with Crippen molar-refractivity contribution >= 4 is 34.4 Å². The normalized spacial score (nSPS) is 14.4. The second-order valence-electron chi connectivity index (χ2n) is 9.54. The van der Waals surface area contributed by atoms with E-state index in [-0.39, 0.29) is 5.60 Å². The van der Waals surface area contributed by atoms with Crippen LogP contribution in [0.5, 0.6) is 11.6 Å². The zero-order chi connectivity index (χ0) is 25.3. The Bertz CT molecular complexity index is 1390. The van der Waals surface area contributed by atoms with Crippen LogP contribution in [0.3, 0.4) is 0 Å². The van der Waals surface area contributed by atoms with Crippen molar-refractivity contribution in [3.05, 3.63) is 58.6 Å². The molecule has 36 heavy (non-hydrogen) atoms. The van der Waals surface area contributed by atoms with Gasteiger partial charge < -0.3 is 18.9 Å². The standard InChI is InChI=1S/C26H28Cl2N6O2/c1-26(8-9-26)36-25-22-24(30-16-31-25)34(15-18-13-17(27)7-10-29-18)23(32-22)20-6-5-19(14-21(20)28)35-12-4-11-33(2)3/h5-7,10,13-14,16H,4,8-9,11-12,15H2,1-3H3. The first kappa shape index (κ1) is 24.7. The molecule has 0 bridgehead atoms. The Morgan fingerprint density at radius 3 is 2.64 bits per heavy atom. The molecule has 1 aliphatic rings. The highest BCUT2D eigenvalue weighted by atomic mass is 35.5. The van der Waals surface area contributed by atoms with E-state index < -0.39 is 0 Å². The topological polar surface area (TPSA) is 78.2 Å². The lowest BCUT2D eigenvalue weighted by Crippen LogP contribution is -2.15. The fourth-order valence-electron chi connectivity index (χ4n) is 3.89. The molecular weight excluding hydrogens is 499 g/mol. The summed E-state index contributed by atoms with van der Waals surface area (Å²) in [6, 6.07) is 9.22. The van der Waals surface area contributed by atoms with Crippen LogP contribution in [0.4, 0.5) is 0 Å². The van der Waals surface area contributed by atoms with Crippen LogP contribution in [0.2, 0.25) is 10.0 Å². The van der Waals surface area contributed by atoms with Gasteiger partial charge in [-0.15, -0.1) is 0 Å². The second-order valence-corrected chi connectivity index (χ2v) is 10.4. The average Bonchev–Trinajstić information content (AvgIpc) is 3.45. The van der Waals surface area contributed by atoms with Gasteiger partial charge in [0.1, 0.15) is 23.5 Å². The van der Waals surface area contributed by atoms with Crippen LogP contribution < -0.4 is 9.47 Å². The van der Waals surface area contributed by atoms with E-state index in [2.05, 4.69) is 26.8 Å². The van der Waals surface area contributed by atoms with E-state index in [1.807, 2.05) is 42.9 Å². The smallest absolute Gasteiger partial charge is 0.245 e. The molecule has 10 heteroatoms. The minimum atomic E-state index is -0.205. The van der Waals surface area contributed by atoms with E-state index >= 15 is 0 Å². The Morgan fingerprint density at radius 2 is 1.92 bits per heavy atom. The van der Waals surface area contributed by atoms with Gasteiger partial charge in [-0.25, -0.2) is 9.97 Å². The zero-order valence-electron chi connectivity index (χ0n) is 20.5. The molecule has 8 nitrogen and oxygen atoms in total. The molecule has 5 rings (SSSR count). The van der Waals surface area contributed by atoms with E-state index in [0.29, 0.717) is 51.8 Å². The van der Waals surface area contributed by atoms with Crippen molar-refractivity contribution in [2.45, 2.75) is 38.3 Å². The molecule has 0 amide bonds. The molecule has 0 spiro atoms. The number of nitrogens with zero attached hydrogens (tertiary/aromatic N) is 6. The molecule has 0 N–H and O–H groups in total. The molecule has 0 atom stereocenters. The Kier molecular flexibility index (Phi) is 7.01. The van der Waals surface area contributed by atoms with Crippen molar-refractivity contribution < 1.29 is 9.47 Å². The summed E-state index contributed by atoms with van der Waals surface area (Å²) in [6.45, 7) is 4.04. The van der Waals surface area contributed by atoms with Crippen molar-refractivity contribution in [2.24, 2.45) is 0 Å². The van der Waals surface area contributed by atoms with Gasteiger partial charge in [-0.3, -0.25) is 4.98 Å².